The first-order valence-corrected chi connectivity index (χ1v) is 7.28. The highest BCUT2D eigenvalue weighted by molar-refractivity contribution is 7.15. The number of hydrogen-bond donors (Lipinski definition) is 2. The second kappa shape index (κ2) is 6.70. The first-order chi connectivity index (χ1) is 8.79. The second-order valence-corrected chi connectivity index (χ2v) is 5.50. The lowest BCUT2D eigenvalue weighted by molar-refractivity contribution is -0.119. The van der Waals surface area contributed by atoms with Crippen LogP contribution in [-0.4, -0.2) is 37.1 Å². The Morgan fingerprint density at radius 1 is 1.61 bits per heavy atom. The summed E-state index contributed by atoms with van der Waals surface area (Å²) in [6.07, 6.45) is 4.03. The number of nitrogens with zero attached hydrogens (tertiary/aromatic N) is 2. The normalized spacial score (nSPS) is 16.5. The maximum absolute atomic E-state index is 11.5. The molecule has 1 saturated heterocycles. The van der Waals surface area contributed by atoms with Crippen molar-refractivity contribution in [2.24, 2.45) is 0 Å². The van der Waals surface area contributed by atoms with E-state index in [1.54, 1.807) is 11.3 Å². The zero-order chi connectivity index (χ0) is 12.8. The maximum atomic E-state index is 11.5. The SMILES string of the molecule is CCCNCc1cnc(N2CCCNC(=O)C2)s1. The predicted molar refractivity (Wildman–Crippen MR) is 74.0 cm³/mol. The molecule has 2 heterocycles. The van der Waals surface area contributed by atoms with E-state index in [0.29, 0.717) is 6.54 Å². The third-order valence-corrected chi connectivity index (χ3v) is 3.86. The van der Waals surface area contributed by atoms with Crippen molar-refractivity contribution in [3.05, 3.63) is 11.1 Å². The number of anilines is 1. The minimum atomic E-state index is 0.0911. The van der Waals surface area contributed by atoms with Crippen LogP contribution in [0.2, 0.25) is 0 Å². The van der Waals surface area contributed by atoms with Gasteiger partial charge in [-0.3, -0.25) is 4.79 Å². The molecule has 2 rings (SSSR count). The Labute approximate surface area is 112 Å². The molecule has 18 heavy (non-hydrogen) atoms. The van der Waals surface area contributed by atoms with Crippen molar-refractivity contribution in [3.8, 4) is 0 Å². The topological polar surface area (TPSA) is 57.3 Å². The highest BCUT2D eigenvalue weighted by atomic mass is 32.1. The highest BCUT2D eigenvalue weighted by Gasteiger charge is 2.17. The van der Waals surface area contributed by atoms with Crippen molar-refractivity contribution < 1.29 is 4.79 Å². The van der Waals surface area contributed by atoms with E-state index in [2.05, 4.69) is 27.4 Å². The Bertz CT molecular complexity index is 393. The average Bonchev–Trinajstić information content (AvgIpc) is 2.72. The quantitative estimate of drug-likeness (QED) is 0.781. The fourth-order valence-corrected chi connectivity index (χ4v) is 2.79. The van der Waals surface area contributed by atoms with Gasteiger partial charge in [-0.1, -0.05) is 6.92 Å². The van der Waals surface area contributed by atoms with E-state index in [9.17, 15) is 4.79 Å². The Balaban J connectivity index is 1.93. The van der Waals surface area contributed by atoms with Crippen molar-refractivity contribution >= 4 is 22.4 Å². The Hall–Kier alpha value is -1.14. The van der Waals surface area contributed by atoms with Crippen LogP contribution in [0.4, 0.5) is 5.13 Å². The molecule has 2 N–H and O–H groups in total. The van der Waals surface area contributed by atoms with Gasteiger partial charge in [-0.25, -0.2) is 4.98 Å². The average molecular weight is 268 g/mol. The van der Waals surface area contributed by atoms with Crippen LogP contribution in [0.5, 0.6) is 0 Å². The van der Waals surface area contributed by atoms with Crippen LogP contribution in [0, 0.1) is 0 Å². The lowest BCUT2D eigenvalue weighted by Gasteiger charge is -2.16. The van der Waals surface area contributed by atoms with Crippen LogP contribution in [-0.2, 0) is 11.3 Å². The smallest absolute Gasteiger partial charge is 0.239 e. The number of thiazole rings is 1. The fraction of sp³-hybridized carbons (Fsp3) is 0.667. The zero-order valence-corrected chi connectivity index (χ0v) is 11.6. The molecule has 1 fully saturated rings. The van der Waals surface area contributed by atoms with Gasteiger partial charge >= 0.3 is 0 Å². The summed E-state index contributed by atoms with van der Waals surface area (Å²) in [5.41, 5.74) is 0. The molecular formula is C12H20N4OS. The van der Waals surface area contributed by atoms with E-state index in [1.807, 2.05) is 6.20 Å². The van der Waals surface area contributed by atoms with Crippen LogP contribution < -0.4 is 15.5 Å². The van der Waals surface area contributed by atoms with E-state index >= 15 is 0 Å². The summed E-state index contributed by atoms with van der Waals surface area (Å²) in [5.74, 6) is 0.0911. The standard InChI is InChI=1S/C12H20N4OS/c1-2-4-13-7-10-8-15-12(18-10)16-6-3-5-14-11(17)9-16/h8,13H,2-7,9H2,1H3,(H,14,17). The van der Waals surface area contributed by atoms with Gasteiger partial charge in [-0.15, -0.1) is 11.3 Å². The van der Waals surface area contributed by atoms with Crippen molar-refractivity contribution in [1.82, 2.24) is 15.6 Å². The molecule has 0 spiro atoms. The number of rotatable bonds is 5. The summed E-state index contributed by atoms with van der Waals surface area (Å²) in [6.45, 7) is 6.14. The van der Waals surface area contributed by atoms with Crippen molar-refractivity contribution in [2.75, 3.05) is 31.1 Å². The third-order valence-electron chi connectivity index (χ3n) is 2.80. The predicted octanol–water partition coefficient (Wildman–Crippen LogP) is 0.969. The van der Waals surface area contributed by atoms with Gasteiger partial charge < -0.3 is 15.5 Å². The molecule has 1 amide bonds. The zero-order valence-electron chi connectivity index (χ0n) is 10.7. The van der Waals surface area contributed by atoms with Gasteiger partial charge in [0.15, 0.2) is 5.13 Å². The van der Waals surface area contributed by atoms with Crippen molar-refractivity contribution in [2.45, 2.75) is 26.3 Å². The molecule has 0 bridgehead atoms. The molecule has 1 aliphatic rings. The number of carbonyl (C=O) groups is 1. The van der Waals surface area contributed by atoms with Gasteiger partial charge in [-0.05, 0) is 19.4 Å². The molecule has 100 valence electrons. The van der Waals surface area contributed by atoms with Gasteiger partial charge in [0.2, 0.25) is 5.91 Å². The number of aromatic nitrogens is 1. The van der Waals surface area contributed by atoms with E-state index in [-0.39, 0.29) is 5.91 Å². The van der Waals surface area contributed by atoms with Crippen molar-refractivity contribution in [1.29, 1.82) is 0 Å². The van der Waals surface area contributed by atoms with Crippen molar-refractivity contribution in [3.63, 3.8) is 0 Å². The fourth-order valence-electron chi connectivity index (χ4n) is 1.88. The highest BCUT2D eigenvalue weighted by Crippen LogP contribution is 2.22. The lowest BCUT2D eigenvalue weighted by Crippen LogP contribution is -2.32. The molecule has 6 heteroatoms. The molecular weight excluding hydrogens is 248 g/mol. The Morgan fingerprint density at radius 3 is 3.33 bits per heavy atom. The minimum absolute atomic E-state index is 0.0911. The minimum Gasteiger partial charge on any atom is -0.354 e. The van der Waals surface area contributed by atoms with Crippen LogP contribution in [0.25, 0.3) is 0 Å². The van der Waals surface area contributed by atoms with Gasteiger partial charge in [0.25, 0.3) is 0 Å². The molecule has 5 nitrogen and oxygen atoms in total. The molecule has 0 saturated carbocycles. The van der Waals surface area contributed by atoms with Gasteiger partial charge in [0.05, 0.1) is 6.54 Å². The summed E-state index contributed by atoms with van der Waals surface area (Å²) in [6, 6.07) is 0. The van der Waals surface area contributed by atoms with Gasteiger partial charge in [0, 0.05) is 30.7 Å². The molecule has 0 aromatic carbocycles. The van der Waals surface area contributed by atoms with Crippen LogP contribution in [0.3, 0.4) is 0 Å². The number of hydrogen-bond acceptors (Lipinski definition) is 5. The van der Waals surface area contributed by atoms with Crippen LogP contribution in [0.1, 0.15) is 24.6 Å². The molecule has 0 unspecified atom stereocenters. The van der Waals surface area contributed by atoms with E-state index < -0.39 is 0 Å². The van der Waals surface area contributed by atoms with Crippen LogP contribution >= 0.6 is 11.3 Å². The van der Waals surface area contributed by atoms with Gasteiger partial charge in [-0.2, -0.15) is 0 Å². The third kappa shape index (κ3) is 3.68. The molecule has 0 atom stereocenters. The van der Waals surface area contributed by atoms with Gasteiger partial charge in [0.1, 0.15) is 0 Å². The first kappa shape index (κ1) is 13.3. The van der Waals surface area contributed by atoms with E-state index in [0.717, 1.165) is 44.2 Å². The van der Waals surface area contributed by atoms with E-state index in [4.69, 9.17) is 0 Å². The summed E-state index contributed by atoms with van der Waals surface area (Å²) < 4.78 is 0. The summed E-state index contributed by atoms with van der Waals surface area (Å²) in [7, 11) is 0. The molecule has 0 aliphatic carbocycles. The number of nitrogens with one attached hydrogen (secondary N) is 2. The summed E-state index contributed by atoms with van der Waals surface area (Å²) in [5, 5.41) is 7.20. The lowest BCUT2D eigenvalue weighted by atomic mass is 10.4. The Kier molecular flexibility index (Phi) is 4.95. The monoisotopic (exact) mass is 268 g/mol. The second-order valence-electron chi connectivity index (χ2n) is 4.41. The molecule has 0 radical (unpaired) electrons. The summed E-state index contributed by atoms with van der Waals surface area (Å²) >= 11 is 1.67. The molecule has 1 aromatic heterocycles. The molecule has 1 aromatic rings. The Morgan fingerprint density at radius 2 is 2.50 bits per heavy atom. The largest absolute Gasteiger partial charge is 0.354 e. The van der Waals surface area contributed by atoms with E-state index in [1.165, 1.54) is 4.88 Å². The maximum Gasteiger partial charge on any atom is 0.239 e. The molecule has 1 aliphatic heterocycles. The number of carbonyl (C=O) groups excluding carboxylic acids is 1. The van der Waals surface area contributed by atoms with Crippen LogP contribution in [0.15, 0.2) is 6.20 Å². The number of amides is 1. The first-order valence-electron chi connectivity index (χ1n) is 6.46. The summed E-state index contributed by atoms with van der Waals surface area (Å²) in [4.78, 5) is 19.2.